The van der Waals surface area contributed by atoms with Gasteiger partial charge in [0, 0.05) is 12.6 Å². The molecule has 22 heavy (non-hydrogen) atoms. The number of ether oxygens (including phenoxy) is 1. The standard InChI is InChI=1S/C18H25NO3/c1-2-19(16-11-7-4-8-12-16)17(20)14-22-18(21)13-15-9-5-3-6-10-15/h3,5-6,9-10,16H,2,4,7-8,11-14H2,1H3. The van der Waals surface area contributed by atoms with Crippen molar-refractivity contribution in [3.63, 3.8) is 0 Å². The summed E-state index contributed by atoms with van der Waals surface area (Å²) in [6.45, 7) is 2.52. The maximum absolute atomic E-state index is 12.3. The summed E-state index contributed by atoms with van der Waals surface area (Å²) in [4.78, 5) is 26.0. The Labute approximate surface area is 132 Å². The van der Waals surface area contributed by atoms with Crippen molar-refractivity contribution >= 4 is 11.9 Å². The highest BCUT2D eigenvalue weighted by molar-refractivity contribution is 5.81. The molecule has 2 rings (SSSR count). The van der Waals surface area contributed by atoms with Crippen molar-refractivity contribution in [3.8, 4) is 0 Å². The van der Waals surface area contributed by atoms with Gasteiger partial charge in [0.2, 0.25) is 0 Å². The normalized spacial score (nSPS) is 15.3. The maximum atomic E-state index is 12.3. The van der Waals surface area contributed by atoms with E-state index in [4.69, 9.17) is 4.74 Å². The van der Waals surface area contributed by atoms with Crippen LogP contribution in [-0.2, 0) is 20.7 Å². The van der Waals surface area contributed by atoms with E-state index in [9.17, 15) is 9.59 Å². The van der Waals surface area contributed by atoms with Crippen LogP contribution < -0.4 is 0 Å². The minimum atomic E-state index is -0.348. The molecule has 1 fully saturated rings. The monoisotopic (exact) mass is 303 g/mol. The minimum absolute atomic E-state index is 0.0733. The van der Waals surface area contributed by atoms with E-state index in [1.807, 2.05) is 42.2 Å². The molecule has 1 aromatic rings. The summed E-state index contributed by atoms with van der Waals surface area (Å²) in [5, 5.41) is 0. The first-order chi connectivity index (χ1) is 10.7. The molecule has 0 heterocycles. The molecule has 1 aromatic carbocycles. The molecule has 0 unspecified atom stereocenters. The lowest BCUT2D eigenvalue weighted by Gasteiger charge is -2.33. The van der Waals surface area contributed by atoms with Crippen molar-refractivity contribution in [1.29, 1.82) is 0 Å². The van der Waals surface area contributed by atoms with Gasteiger partial charge in [-0.05, 0) is 25.3 Å². The second-order valence-electron chi connectivity index (χ2n) is 5.79. The van der Waals surface area contributed by atoms with Gasteiger partial charge in [-0.15, -0.1) is 0 Å². The number of carbonyl (C=O) groups excluding carboxylic acids is 2. The van der Waals surface area contributed by atoms with Crippen molar-refractivity contribution in [1.82, 2.24) is 4.90 Å². The highest BCUT2D eigenvalue weighted by atomic mass is 16.5. The van der Waals surface area contributed by atoms with Gasteiger partial charge in [-0.1, -0.05) is 49.6 Å². The highest BCUT2D eigenvalue weighted by Gasteiger charge is 2.24. The summed E-state index contributed by atoms with van der Waals surface area (Å²) >= 11 is 0. The van der Waals surface area contributed by atoms with Gasteiger partial charge in [-0.2, -0.15) is 0 Å². The van der Waals surface area contributed by atoms with Gasteiger partial charge in [0.05, 0.1) is 6.42 Å². The average molecular weight is 303 g/mol. The molecule has 4 heteroatoms. The third-order valence-electron chi connectivity index (χ3n) is 4.22. The van der Waals surface area contributed by atoms with Gasteiger partial charge in [0.25, 0.3) is 5.91 Å². The fraction of sp³-hybridized carbons (Fsp3) is 0.556. The minimum Gasteiger partial charge on any atom is -0.455 e. The van der Waals surface area contributed by atoms with Crippen molar-refractivity contribution in [3.05, 3.63) is 35.9 Å². The lowest BCUT2D eigenvalue weighted by atomic mass is 9.94. The van der Waals surface area contributed by atoms with Crippen LogP contribution in [0.25, 0.3) is 0 Å². The molecular formula is C18H25NO3. The van der Waals surface area contributed by atoms with E-state index < -0.39 is 0 Å². The molecule has 1 aliphatic carbocycles. The van der Waals surface area contributed by atoms with Crippen molar-refractivity contribution < 1.29 is 14.3 Å². The van der Waals surface area contributed by atoms with Crippen LogP contribution in [0.4, 0.5) is 0 Å². The SMILES string of the molecule is CCN(C(=O)COC(=O)Cc1ccccc1)C1CCCCC1. The van der Waals surface area contributed by atoms with Crippen LogP contribution in [0, 0.1) is 0 Å². The highest BCUT2D eigenvalue weighted by Crippen LogP contribution is 2.22. The number of nitrogens with zero attached hydrogens (tertiary/aromatic N) is 1. The van der Waals surface area contributed by atoms with Crippen LogP contribution in [0.5, 0.6) is 0 Å². The lowest BCUT2D eigenvalue weighted by molar-refractivity contribution is -0.152. The Morgan fingerprint density at radius 3 is 2.45 bits per heavy atom. The molecule has 0 aliphatic heterocycles. The van der Waals surface area contributed by atoms with E-state index in [-0.39, 0.29) is 24.9 Å². The zero-order chi connectivity index (χ0) is 15.8. The van der Waals surface area contributed by atoms with Crippen LogP contribution in [0.2, 0.25) is 0 Å². The van der Waals surface area contributed by atoms with E-state index in [2.05, 4.69) is 0 Å². The molecule has 4 nitrogen and oxygen atoms in total. The molecule has 0 radical (unpaired) electrons. The molecule has 1 aliphatic rings. The van der Waals surface area contributed by atoms with Crippen LogP contribution in [0.15, 0.2) is 30.3 Å². The van der Waals surface area contributed by atoms with Crippen LogP contribution in [-0.4, -0.2) is 36.0 Å². The second kappa shape index (κ2) is 8.57. The van der Waals surface area contributed by atoms with Gasteiger partial charge >= 0.3 is 5.97 Å². The number of esters is 1. The van der Waals surface area contributed by atoms with E-state index in [0.717, 1.165) is 18.4 Å². The molecule has 1 amide bonds. The molecular weight excluding hydrogens is 278 g/mol. The molecule has 0 N–H and O–H groups in total. The zero-order valence-electron chi connectivity index (χ0n) is 13.3. The maximum Gasteiger partial charge on any atom is 0.310 e. The number of rotatable bonds is 6. The molecule has 0 spiro atoms. The Morgan fingerprint density at radius 1 is 1.14 bits per heavy atom. The summed E-state index contributed by atoms with van der Waals surface area (Å²) in [7, 11) is 0. The van der Waals surface area contributed by atoms with Crippen LogP contribution in [0.3, 0.4) is 0 Å². The van der Waals surface area contributed by atoms with E-state index in [1.165, 1.54) is 19.3 Å². The average Bonchev–Trinajstić information content (AvgIpc) is 2.55. The van der Waals surface area contributed by atoms with Crippen molar-refractivity contribution in [2.24, 2.45) is 0 Å². The Bertz CT molecular complexity index is 480. The first kappa shape index (κ1) is 16.5. The number of benzene rings is 1. The second-order valence-corrected chi connectivity index (χ2v) is 5.79. The fourth-order valence-electron chi connectivity index (χ4n) is 3.07. The van der Waals surface area contributed by atoms with Crippen molar-refractivity contribution in [2.75, 3.05) is 13.2 Å². The van der Waals surface area contributed by atoms with Gasteiger partial charge in [0.15, 0.2) is 6.61 Å². The largest absolute Gasteiger partial charge is 0.455 e. The van der Waals surface area contributed by atoms with E-state index >= 15 is 0 Å². The summed E-state index contributed by atoms with van der Waals surface area (Å²) in [6.07, 6.45) is 5.97. The summed E-state index contributed by atoms with van der Waals surface area (Å²) in [6, 6.07) is 9.75. The lowest BCUT2D eigenvalue weighted by Crippen LogP contribution is -2.43. The van der Waals surface area contributed by atoms with E-state index in [0.29, 0.717) is 12.6 Å². The molecule has 0 atom stereocenters. The number of hydrogen-bond acceptors (Lipinski definition) is 3. The fourth-order valence-corrected chi connectivity index (χ4v) is 3.07. The smallest absolute Gasteiger partial charge is 0.310 e. The summed E-state index contributed by atoms with van der Waals surface area (Å²) in [5.41, 5.74) is 0.902. The van der Waals surface area contributed by atoms with Gasteiger partial charge in [-0.25, -0.2) is 0 Å². The molecule has 1 saturated carbocycles. The number of amides is 1. The van der Waals surface area contributed by atoms with Crippen LogP contribution >= 0.6 is 0 Å². The molecule has 0 saturated heterocycles. The third-order valence-corrected chi connectivity index (χ3v) is 4.22. The third kappa shape index (κ3) is 4.86. The van der Waals surface area contributed by atoms with Crippen LogP contribution in [0.1, 0.15) is 44.6 Å². The topological polar surface area (TPSA) is 46.6 Å². The van der Waals surface area contributed by atoms with Gasteiger partial charge in [0.1, 0.15) is 0 Å². The summed E-state index contributed by atoms with van der Waals surface area (Å²) < 4.78 is 5.15. The zero-order valence-corrected chi connectivity index (χ0v) is 13.3. The van der Waals surface area contributed by atoms with Gasteiger partial charge < -0.3 is 9.64 Å². The molecule has 0 bridgehead atoms. The van der Waals surface area contributed by atoms with Gasteiger partial charge in [-0.3, -0.25) is 9.59 Å². The predicted octanol–water partition coefficient (Wildman–Crippen LogP) is 2.95. The number of carbonyl (C=O) groups is 2. The van der Waals surface area contributed by atoms with Crippen molar-refractivity contribution in [2.45, 2.75) is 51.5 Å². The Kier molecular flexibility index (Phi) is 6.44. The predicted molar refractivity (Wildman–Crippen MR) is 85.4 cm³/mol. The Hall–Kier alpha value is -1.84. The number of likely N-dealkylation sites (N-methyl/N-ethyl adjacent to an activating group) is 1. The first-order valence-corrected chi connectivity index (χ1v) is 8.19. The number of hydrogen-bond donors (Lipinski definition) is 0. The molecule has 120 valence electrons. The quantitative estimate of drug-likeness (QED) is 0.759. The Balaban J connectivity index is 1.79. The Morgan fingerprint density at radius 2 is 1.82 bits per heavy atom. The van der Waals surface area contributed by atoms with E-state index in [1.54, 1.807) is 0 Å². The summed E-state index contributed by atoms with van der Waals surface area (Å²) in [5.74, 6) is -0.421. The molecule has 0 aromatic heterocycles. The first-order valence-electron chi connectivity index (χ1n) is 8.19.